The molecule has 0 saturated carbocycles. The van der Waals surface area contributed by atoms with Gasteiger partial charge in [0.05, 0.1) is 23.1 Å². The van der Waals surface area contributed by atoms with E-state index in [2.05, 4.69) is 10.3 Å². The maximum atomic E-state index is 11.5. The Bertz CT molecular complexity index is 577. The number of piperazine rings is 1. The molecule has 1 unspecified atom stereocenters. The number of nitrogens with zero attached hydrogens (tertiary/aromatic N) is 4. The molecule has 1 atom stereocenters. The Balaban J connectivity index is 1.83. The summed E-state index contributed by atoms with van der Waals surface area (Å²) in [5.74, 6) is 0.605. The monoisotopic (exact) mass is 278 g/mol. The molecule has 2 aliphatic heterocycles. The van der Waals surface area contributed by atoms with Crippen molar-refractivity contribution in [1.82, 2.24) is 15.2 Å². The third-order valence-corrected chi connectivity index (χ3v) is 3.58. The SMILES string of the molecule is Nc1cc([N+](=O)[O-])cc(N2CCN3C(=O)NCC3C2)n1. The van der Waals surface area contributed by atoms with Crippen LogP contribution in [0.15, 0.2) is 12.1 Å². The van der Waals surface area contributed by atoms with Crippen LogP contribution in [0.25, 0.3) is 0 Å². The van der Waals surface area contributed by atoms with Crippen LogP contribution in [-0.2, 0) is 0 Å². The summed E-state index contributed by atoms with van der Waals surface area (Å²) in [6.45, 7) is 2.32. The van der Waals surface area contributed by atoms with Gasteiger partial charge in [0.15, 0.2) is 0 Å². The van der Waals surface area contributed by atoms with Gasteiger partial charge in [0.2, 0.25) is 0 Å². The van der Waals surface area contributed by atoms with Crippen LogP contribution in [-0.4, -0.2) is 53.1 Å². The average Bonchev–Trinajstić information content (AvgIpc) is 2.79. The van der Waals surface area contributed by atoms with Crippen LogP contribution in [0.3, 0.4) is 0 Å². The molecule has 3 rings (SSSR count). The maximum Gasteiger partial charge on any atom is 0.317 e. The summed E-state index contributed by atoms with van der Waals surface area (Å²) in [6, 6.07) is 2.66. The van der Waals surface area contributed by atoms with Gasteiger partial charge in [-0.1, -0.05) is 0 Å². The zero-order valence-corrected chi connectivity index (χ0v) is 10.7. The number of nitrogens with one attached hydrogen (secondary N) is 1. The average molecular weight is 278 g/mol. The highest BCUT2D eigenvalue weighted by Gasteiger charge is 2.36. The summed E-state index contributed by atoms with van der Waals surface area (Å²) in [5.41, 5.74) is 5.54. The summed E-state index contributed by atoms with van der Waals surface area (Å²) in [4.78, 5) is 29.7. The molecule has 3 heterocycles. The minimum Gasteiger partial charge on any atom is -0.383 e. The van der Waals surface area contributed by atoms with E-state index in [0.29, 0.717) is 32.0 Å². The van der Waals surface area contributed by atoms with Gasteiger partial charge >= 0.3 is 6.03 Å². The third-order valence-electron chi connectivity index (χ3n) is 3.58. The van der Waals surface area contributed by atoms with Gasteiger partial charge in [-0.25, -0.2) is 9.78 Å². The summed E-state index contributed by atoms with van der Waals surface area (Å²) < 4.78 is 0. The maximum absolute atomic E-state index is 11.5. The van der Waals surface area contributed by atoms with Crippen molar-refractivity contribution < 1.29 is 9.72 Å². The van der Waals surface area contributed by atoms with E-state index in [-0.39, 0.29) is 23.6 Å². The Labute approximate surface area is 114 Å². The highest BCUT2D eigenvalue weighted by Crippen LogP contribution is 2.24. The second-order valence-corrected chi connectivity index (χ2v) is 4.84. The molecule has 2 saturated heterocycles. The number of nitrogen functional groups attached to an aromatic ring is 1. The number of anilines is 2. The molecule has 0 aromatic carbocycles. The fourth-order valence-corrected chi connectivity index (χ4v) is 2.60. The smallest absolute Gasteiger partial charge is 0.317 e. The molecular formula is C11H14N6O3. The number of urea groups is 1. The number of aromatic nitrogens is 1. The van der Waals surface area contributed by atoms with Gasteiger partial charge in [-0.2, -0.15) is 0 Å². The number of hydrogen-bond acceptors (Lipinski definition) is 6. The molecule has 20 heavy (non-hydrogen) atoms. The number of pyridine rings is 1. The number of carbonyl (C=O) groups excluding carboxylic acids is 1. The first-order valence-electron chi connectivity index (χ1n) is 6.26. The summed E-state index contributed by atoms with van der Waals surface area (Å²) >= 11 is 0. The third kappa shape index (κ3) is 2.06. The molecule has 9 nitrogen and oxygen atoms in total. The van der Waals surface area contributed by atoms with Gasteiger partial charge in [-0.05, 0) is 0 Å². The molecular weight excluding hydrogens is 264 g/mol. The van der Waals surface area contributed by atoms with Crippen molar-refractivity contribution in [2.45, 2.75) is 6.04 Å². The fourth-order valence-electron chi connectivity index (χ4n) is 2.60. The van der Waals surface area contributed by atoms with Crippen molar-refractivity contribution in [3.63, 3.8) is 0 Å². The molecule has 0 spiro atoms. The van der Waals surface area contributed by atoms with Gasteiger partial charge in [-0.3, -0.25) is 10.1 Å². The molecule has 3 N–H and O–H groups in total. The van der Waals surface area contributed by atoms with Gasteiger partial charge < -0.3 is 20.9 Å². The van der Waals surface area contributed by atoms with E-state index in [1.54, 1.807) is 4.90 Å². The fraction of sp³-hybridized carbons (Fsp3) is 0.455. The van der Waals surface area contributed by atoms with Gasteiger partial charge in [0, 0.05) is 26.2 Å². The van der Waals surface area contributed by atoms with Crippen LogP contribution in [0.2, 0.25) is 0 Å². The van der Waals surface area contributed by atoms with Crippen molar-refractivity contribution in [1.29, 1.82) is 0 Å². The lowest BCUT2D eigenvalue weighted by molar-refractivity contribution is -0.384. The zero-order chi connectivity index (χ0) is 14.3. The minimum atomic E-state index is -0.488. The minimum absolute atomic E-state index is 0.0545. The van der Waals surface area contributed by atoms with E-state index in [1.807, 2.05) is 4.90 Å². The number of amides is 2. The van der Waals surface area contributed by atoms with E-state index in [9.17, 15) is 14.9 Å². The quantitative estimate of drug-likeness (QED) is 0.570. The van der Waals surface area contributed by atoms with Gasteiger partial charge in [-0.15, -0.1) is 0 Å². The van der Waals surface area contributed by atoms with Crippen molar-refractivity contribution in [2.24, 2.45) is 0 Å². The van der Waals surface area contributed by atoms with Crippen LogP contribution in [0.5, 0.6) is 0 Å². The molecule has 9 heteroatoms. The number of fused-ring (bicyclic) bond motifs is 1. The van der Waals surface area contributed by atoms with Gasteiger partial charge in [0.1, 0.15) is 11.6 Å². The molecule has 0 radical (unpaired) electrons. The standard InChI is InChI=1S/C11H14N6O3/c12-9-3-7(17(19)20)4-10(14-9)15-1-2-16-8(6-15)5-13-11(16)18/h3-4,8H,1-2,5-6H2,(H2,12,14)(H,13,18). The normalized spacial score (nSPS) is 21.6. The lowest BCUT2D eigenvalue weighted by Crippen LogP contribution is -2.52. The predicted octanol–water partition coefficient (Wildman–Crippen LogP) is -0.214. The second-order valence-electron chi connectivity index (χ2n) is 4.84. The van der Waals surface area contributed by atoms with Crippen LogP contribution < -0.4 is 16.0 Å². The molecule has 106 valence electrons. The Morgan fingerprint density at radius 1 is 1.45 bits per heavy atom. The van der Waals surface area contributed by atoms with Crippen molar-refractivity contribution in [3.05, 3.63) is 22.2 Å². The molecule has 0 bridgehead atoms. The Morgan fingerprint density at radius 3 is 3.00 bits per heavy atom. The first-order chi connectivity index (χ1) is 9.54. The predicted molar refractivity (Wildman–Crippen MR) is 71.4 cm³/mol. The zero-order valence-electron chi connectivity index (χ0n) is 10.7. The summed E-state index contributed by atoms with van der Waals surface area (Å²) in [5, 5.41) is 13.6. The van der Waals surface area contributed by atoms with Crippen LogP contribution in [0.1, 0.15) is 0 Å². The lowest BCUT2D eigenvalue weighted by atomic mass is 10.2. The molecule has 1 aromatic heterocycles. The summed E-state index contributed by atoms with van der Waals surface area (Å²) in [6.07, 6.45) is 0. The van der Waals surface area contributed by atoms with Crippen molar-refractivity contribution >= 4 is 23.4 Å². The number of hydrogen-bond donors (Lipinski definition) is 2. The number of rotatable bonds is 2. The van der Waals surface area contributed by atoms with Crippen molar-refractivity contribution in [2.75, 3.05) is 36.8 Å². The topological polar surface area (TPSA) is 118 Å². The highest BCUT2D eigenvalue weighted by atomic mass is 16.6. The van der Waals surface area contributed by atoms with Crippen LogP contribution >= 0.6 is 0 Å². The Kier molecular flexibility index (Phi) is 2.81. The van der Waals surface area contributed by atoms with E-state index in [1.165, 1.54) is 12.1 Å². The van der Waals surface area contributed by atoms with E-state index < -0.39 is 4.92 Å². The van der Waals surface area contributed by atoms with Crippen LogP contribution in [0, 0.1) is 10.1 Å². The second kappa shape index (κ2) is 4.51. The number of nitrogens with two attached hydrogens (primary N) is 1. The largest absolute Gasteiger partial charge is 0.383 e. The molecule has 1 aromatic rings. The number of carbonyl (C=O) groups is 1. The molecule has 2 amide bonds. The van der Waals surface area contributed by atoms with Crippen molar-refractivity contribution in [3.8, 4) is 0 Å². The first kappa shape index (κ1) is 12.5. The van der Waals surface area contributed by atoms with E-state index >= 15 is 0 Å². The summed E-state index contributed by atoms with van der Waals surface area (Å²) in [7, 11) is 0. The van der Waals surface area contributed by atoms with E-state index in [0.717, 1.165) is 0 Å². The highest BCUT2D eigenvalue weighted by molar-refractivity contribution is 5.77. The Morgan fingerprint density at radius 2 is 2.25 bits per heavy atom. The molecule has 2 aliphatic rings. The van der Waals surface area contributed by atoms with Gasteiger partial charge in [0.25, 0.3) is 5.69 Å². The molecule has 0 aliphatic carbocycles. The first-order valence-corrected chi connectivity index (χ1v) is 6.26. The number of nitro groups is 1. The van der Waals surface area contributed by atoms with E-state index in [4.69, 9.17) is 5.73 Å². The molecule has 2 fully saturated rings. The lowest BCUT2D eigenvalue weighted by Gasteiger charge is -2.37. The van der Waals surface area contributed by atoms with Crippen LogP contribution in [0.4, 0.5) is 22.1 Å². The Hall–Kier alpha value is -2.58.